The van der Waals surface area contributed by atoms with Crippen LogP contribution >= 0.6 is 0 Å². The van der Waals surface area contributed by atoms with Crippen molar-refractivity contribution in [2.24, 2.45) is 11.8 Å². The van der Waals surface area contributed by atoms with Crippen molar-refractivity contribution in [2.45, 2.75) is 67.5 Å². The van der Waals surface area contributed by atoms with Gasteiger partial charge in [-0.15, -0.1) is 0 Å². The van der Waals surface area contributed by atoms with E-state index >= 15 is 0 Å². The van der Waals surface area contributed by atoms with E-state index in [0.29, 0.717) is 0 Å². The molecule has 1 saturated carbocycles. The summed E-state index contributed by atoms with van der Waals surface area (Å²) in [6.45, 7) is 1.79. The van der Waals surface area contributed by atoms with Crippen LogP contribution in [0.4, 0.5) is 0 Å². The summed E-state index contributed by atoms with van der Waals surface area (Å²) >= 11 is 0. The van der Waals surface area contributed by atoms with Crippen molar-refractivity contribution < 1.29 is 69.3 Å². The monoisotopic (exact) mass is 506 g/mol. The van der Waals surface area contributed by atoms with Gasteiger partial charge < -0.3 is 64.5 Å². The second kappa shape index (κ2) is 9.99. The second-order valence-corrected chi connectivity index (χ2v) is 9.17. The van der Waals surface area contributed by atoms with Crippen LogP contribution in [-0.4, -0.2) is 128 Å². The molecular weight excluding hydrogens is 476 g/mol. The molecule has 14 heteroatoms. The van der Waals surface area contributed by atoms with Crippen LogP contribution in [0.1, 0.15) is 6.42 Å². The Hall–Kier alpha value is -1.69. The zero-order valence-electron chi connectivity index (χ0n) is 18.5. The molecule has 4 rings (SSSR count). The third kappa shape index (κ3) is 4.60. The molecule has 0 bridgehead atoms. The lowest BCUT2D eigenvalue weighted by Crippen LogP contribution is -2.62. The zero-order chi connectivity index (χ0) is 25.7. The summed E-state index contributed by atoms with van der Waals surface area (Å²) in [5.41, 5.74) is -1.84. The topological polar surface area (TPSA) is 225 Å². The second-order valence-electron chi connectivity index (χ2n) is 9.17. The van der Waals surface area contributed by atoms with Gasteiger partial charge in [0.2, 0.25) is 6.29 Å². The Morgan fingerprint density at radius 1 is 1.11 bits per heavy atom. The molecule has 14 nitrogen and oxygen atoms in total. The van der Waals surface area contributed by atoms with Gasteiger partial charge in [0, 0.05) is 5.92 Å². The maximum absolute atomic E-state index is 11.6. The summed E-state index contributed by atoms with van der Waals surface area (Å²) in [6, 6.07) is 0. The summed E-state index contributed by atoms with van der Waals surface area (Å²) in [5.74, 6) is -2.74. The van der Waals surface area contributed by atoms with Crippen molar-refractivity contribution in [1.82, 2.24) is 0 Å². The van der Waals surface area contributed by atoms with Crippen molar-refractivity contribution in [3.05, 3.63) is 24.0 Å². The maximum atomic E-state index is 11.6. The van der Waals surface area contributed by atoms with E-state index in [1.54, 1.807) is 0 Å². The van der Waals surface area contributed by atoms with Crippen LogP contribution in [-0.2, 0) is 28.5 Å². The SMILES string of the molecule is C=C1[C@H]2[C@H](O[C@@H]3O[C@H](CO)[C@@H](O)[C@H](O)[C@H]3O[C@@H]3OC[C@](O)(CO)[C@H]3O)OC=C(C(=O)O)[C@H]2C[C@@H]1O. The molecule has 35 heavy (non-hydrogen) atoms. The quantitative estimate of drug-likeness (QED) is 0.155. The number of aliphatic carboxylic acids is 1. The van der Waals surface area contributed by atoms with E-state index in [9.17, 15) is 45.6 Å². The number of aliphatic hydroxyl groups excluding tert-OH is 6. The van der Waals surface area contributed by atoms with Crippen molar-refractivity contribution in [1.29, 1.82) is 0 Å². The van der Waals surface area contributed by atoms with Crippen molar-refractivity contribution in [3.8, 4) is 0 Å². The molecule has 0 unspecified atom stereocenters. The number of hydrogen-bond acceptors (Lipinski definition) is 13. The van der Waals surface area contributed by atoms with Gasteiger partial charge in [0.1, 0.15) is 36.1 Å². The molecule has 0 aromatic carbocycles. The van der Waals surface area contributed by atoms with Crippen LogP contribution in [0.15, 0.2) is 24.0 Å². The van der Waals surface area contributed by atoms with Gasteiger partial charge in [-0.25, -0.2) is 4.79 Å². The molecule has 12 atom stereocenters. The minimum Gasteiger partial charge on any atom is -0.478 e. The Balaban J connectivity index is 1.58. The van der Waals surface area contributed by atoms with E-state index in [4.69, 9.17) is 23.7 Å². The Morgan fingerprint density at radius 3 is 2.43 bits per heavy atom. The fourth-order valence-electron chi connectivity index (χ4n) is 4.85. The Morgan fingerprint density at radius 2 is 1.83 bits per heavy atom. The number of hydrogen-bond donors (Lipinski definition) is 8. The lowest BCUT2D eigenvalue weighted by atomic mass is 9.85. The first-order valence-electron chi connectivity index (χ1n) is 11.0. The standard InChI is InChI=1S/C21H30O14/c1-7-10(24)2-8-9(17(28)29)4-31-18(12(7)8)35-19-15(14(26)13(25)11(3-22)33-19)34-20-16(27)21(30,5-23)6-32-20/h4,8,10-16,18-20,22-27,30H,1-3,5-6H2,(H,28,29)/t8-,10+,11-,12-,13-,14+,15-,16+,18+,19+,20+,21-/m1/s1. The number of fused-ring (bicyclic) bond motifs is 1. The molecule has 1 aliphatic carbocycles. The number of carbonyl (C=O) groups is 1. The van der Waals surface area contributed by atoms with E-state index < -0.39 is 98.7 Å². The normalized spacial score (nSPS) is 47.8. The smallest absolute Gasteiger partial charge is 0.334 e. The largest absolute Gasteiger partial charge is 0.478 e. The third-order valence-corrected chi connectivity index (χ3v) is 7.00. The number of ether oxygens (including phenoxy) is 5. The van der Waals surface area contributed by atoms with E-state index in [2.05, 4.69) is 6.58 Å². The predicted octanol–water partition coefficient (Wildman–Crippen LogP) is -3.85. The van der Waals surface area contributed by atoms with Crippen LogP contribution in [0.2, 0.25) is 0 Å². The summed E-state index contributed by atoms with van der Waals surface area (Å²) in [4.78, 5) is 11.6. The Kier molecular flexibility index (Phi) is 7.53. The molecule has 0 radical (unpaired) electrons. The highest BCUT2D eigenvalue weighted by atomic mass is 16.8. The van der Waals surface area contributed by atoms with E-state index in [1.807, 2.05) is 0 Å². The average Bonchev–Trinajstić information content (AvgIpc) is 3.29. The van der Waals surface area contributed by atoms with Gasteiger partial charge in [0.15, 0.2) is 12.6 Å². The van der Waals surface area contributed by atoms with Gasteiger partial charge in [-0.2, -0.15) is 0 Å². The first kappa shape index (κ1) is 26.4. The molecule has 0 amide bonds. The molecule has 3 fully saturated rings. The first-order chi connectivity index (χ1) is 16.5. The third-order valence-electron chi connectivity index (χ3n) is 7.00. The van der Waals surface area contributed by atoms with Crippen LogP contribution < -0.4 is 0 Å². The maximum Gasteiger partial charge on any atom is 0.334 e. The van der Waals surface area contributed by atoms with Gasteiger partial charge in [-0.1, -0.05) is 6.58 Å². The lowest BCUT2D eigenvalue weighted by molar-refractivity contribution is -0.363. The fraction of sp³-hybridized carbons (Fsp3) is 0.762. The molecule has 8 N–H and O–H groups in total. The minimum atomic E-state index is -2.02. The highest BCUT2D eigenvalue weighted by molar-refractivity contribution is 5.87. The molecule has 3 aliphatic heterocycles. The first-order valence-corrected chi connectivity index (χ1v) is 11.0. The number of carboxylic acid groups (broad SMARTS) is 1. The predicted molar refractivity (Wildman–Crippen MR) is 109 cm³/mol. The minimum absolute atomic E-state index is 0.0682. The number of carboxylic acids is 1. The van der Waals surface area contributed by atoms with Crippen LogP contribution in [0.3, 0.4) is 0 Å². The average molecular weight is 506 g/mol. The molecule has 198 valence electrons. The Labute approximate surface area is 199 Å². The Bertz CT molecular complexity index is 848. The van der Waals surface area contributed by atoms with E-state index in [-0.39, 0.29) is 17.6 Å². The number of rotatable bonds is 7. The summed E-state index contributed by atoms with van der Waals surface area (Å²) < 4.78 is 27.7. The lowest BCUT2D eigenvalue weighted by Gasteiger charge is -2.44. The van der Waals surface area contributed by atoms with E-state index in [1.165, 1.54) is 0 Å². The summed E-state index contributed by atoms with van der Waals surface area (Å²) in [7, 11) is 0. The van der Waals surface area contributed by atoms with Gasteiger partial charge in [0.05, 0.1) is 43.7 Å². The van der Waals surface area contributed by atoms with Crippen LogP contribution in [0.25, 0.3) is 0 Å². The van der Waals surface area contributed by atoms with Gasteiger partial charge >= 0.3 is 5.97 Å². The molecular formula is C21H30O14. The highest BCUT2D eigenvalue weighted by Gasteiger charge is 2.55. The molecule has 2 saturated heterocycles. The van der Waals surface area contributed by atoms with Crippen molar-refractivity contribution >= 4 is 5.97 Å². The molecule has 3 heterocycles. The molecule has 0 aromatic heterocycles. The van der Waals surface area contributed by atoms with Gasteiger partial charge in [-0.3, -0.25) is 0 Å². The molecule has 0 aromatic rings. The fourth-order valence-corrected chi connectivity index (χ4v) is 4.85. The van der Waals surface area contributed by atoms with Crippen molar-refractivity contribution in [2.75, 3.05) is 19.8 Å². The van der Waals surface area contributed by atoms with Crippen LogP contribution in [0.5, 0.6) is 0 Å². The van der Waals surface area contributed by atoms with Gasteiger partial charge in [0.25, 0.3) is 0 Å². The highest BCUT2D eigenvalue weighted by Crippen LogP contribution is 2.47. The number of aliphatic hydroxyl groups is 7. The van der Waals surface area contributed by atoms with E-state index in [0.717, 1.165) is 6.26 Å². The zero-order valence-corrected chi connectivity index (χ0v) is 18.5. The molecule has 0 spiro atoms. The van der Waals surface area contributed by atoms with Crippen molar-refractivity contribution in [3.63, 3.8) is 0 Å². The summed E-state index contributed by atoms with van der Waals surface area (Å²) in [6.07, 6.45) is -12.3. The van der Waals surface area contributed by atoms with Gasteiger partial charge in [-0.05, 0) is 12.0 Å². The molecule has 4 aliphatic rings. The van der Waals surface area contributed by atoms with Crippen LogP contribution in [0, 0.1) is 11.8 Å². The summed E-state index contributed by atoms with van der Waals surface area (Å²) in [5, 5.41) is 80.2.